The Kier molecular flexibility index (Phi) is 6.56. The highest BCUT2D eigenvalue weighted by Crippen LogP contribution is 2.34. The summed E-state index contributed by atoms with van der Waals surface area (Å²) >= 11 is 1.65. The van der Waals surface area contributed by atoms with E-state index in [1.54, 1.807) is 25.6 Å². The van der Waals surface area contributed by atoms with Gasteiger partial charge in [0.1, 0.15) is 5.60 Å². The smallest absolute Gasteiger partial charge is 0.312 e. The Labute approximate surface area is 125 Å². The van der Waals surface area contributed by atoms with E-state index in [1.807, 2.05) is 37.4 Å². The Hall–Kier alpha value is -1.00. The molecule has 1 rings (SSSR count). The maximum atomic E-state index is 12.1. The van der Waals surface area contributed by atoms with E-state index in [2.05, 4.69) is 0 Å². The van der Waals surface area contributed by atoms with Gasteiger partial charge in [0.25, 0.3) is 0 Å². The molecule has 2 unspecified atom stereocenters. The third-order valence-electron chi connectivity index (χ3n) is 3.50. The fourth-order valence-electron chi connectivity index (χ4n) is 2.29. The van der Waals surface area contributed by atoms with Crippen molar-refractivity contribution < 1.29 is 14.6 Å². The third kappa shape index (κ3) is 4.00. The van der Waals surface area contributed by atoms with Gasteiger partial charge in [-0.2, -0.15) is 0 Å². The predicted octanol–water partition coefficient (Wildman–Crippen LogP) is 3.60. The maximum Gasteiger partial charge on any atom is 0.312 e. The molecule has 1 aromatic carbocycles. The lowest BCUT2D eigenvalue weighted by Gasteiger charge is -2.31. The number of hydrogen-bond donors (Lipinski definition) is 1. The molecule has 0 amide bonds. The highest BCUT2D eigenvalue weighted by Gasteiger charge is 2.39. The Balaban J connectivity index is 3.03. The standard InChI is InChI=1S/C16H24O3S/c1-5-7-14(15(17)19-6-2)16(3,18)12-8-10-13(20-4)11-9-12/h8-11,14,18H,5-7H2,1-4H3. The van der Waals surface area contributed by atoms with Gasteiger partial charge < -0.3 is 9.84 Å². The highest BCUT2D eigenvalue weighted by atomic mass is 32.2. The minimum absolute atomic E-state index is 0.326. The quantitative estimate of drug-likeness (QED) is 0.617. The average Bonchev–Trinajstić information content (AvgIpc) is 2.44. The van der Waals surface area contributed by atoms with Gasteiger partial charge in [0.05, 0.1) is 12.5 Å². The van der Waals surface area contributed by atoms with Crippen LogP contribution < -0.4 is 0 Å². The topological polar surface area (TPSA) is 46.5 Å². The summed E-state index contributed by atoms with van der Waals surface area (Å²) < 4.78 is 5.11. The number of carbonyl (C=O) groups is 1. The van der Waals surface area contributed by atoms with Crippen LogP contribution in [-0.4, -0.2) is 23.9 Å². The fourth-order valence-corrected chi connectivity index (χ4v) is 2.70. The van der Waals surface area contributed by atoms with Crippen LogP contribution in [0, 0.1) is 5.92 Å². The summed E-state index contributed by atoms with van der Waals surface area (Å²) in [7, 11) is 0. The maximum absolute atomic E-state index is 12.1. The van der Waals surface area contributed by atoms with E-state index < -0.39 is 11.5 Å². The molecule has 3 nitrogen and oxygen atoms in total. The number of carbonyl (C=O) groups excluding carboxylic acids is 1. The first-order valence-electron chi connectivity index (χ1n) is 7.00. The largest absolute Gasteiger partial charge is 0.466 e. The molecule has 0 saturated heterocycles. The Morgan fingerprint density at radius 2 is 1.95 bits per heavy atom. The number of thioether (sulfide) groups is 1. The van der Waals surface area contributed by atoms with Crippen molar-refractivity contribution in [1.82, 2.24) is 0 Å². The number of hydrogen-bond acceptors (Lipinski definition) is 4. The Bertz CT molecular complexity index is 426. The minimum atomic E-state index is -1.21. The van der Waals surface area contributed by atoms with E-state index in [0.717, 1.165) is 16.9 Å². The molecule has 0 heterocycles. The van der Waals surface area contributed by atoms with Gasteiger partial charge >= 0.3 is 5.97 Å². The number of ether oxygens (including phenoxy) is 1. The van der Waals surface area contributed by atoms with Crippen LogP contribution in [0.5, 0.6) is 0 Å². The van der Waals surface area contributed by atoms with E-state index in [-0.39, 0.29) is 5.97 Å². The summed E-state index contributed by atoms with van der Waals surface area (Å²) in [6.07, 6.45) is 3.43. The minimum Gasteiger partial charge on any atom is -0.466 e. The van der Waals surface area contributed by atoms with Gasteiger partial charge in [-0.05, 0) is 44.2 Å². The van der Waals surface area contributed by atoms with E-state index in [1.165, 1.54) is 0 Å². The lowest BCUT2D eigenvalue weighted by Crippen LogP contribution is -2.38. The van der Waals surface area contributed by atoms with Crippen molar-refractivity contribution >= 4 is 17.7 Å². The van der Waals surface area contributed by atoms with Gasteiger partial charge in [0.15, 0.2) is 0 Å². The molecule has 0 aliphatic carbocycles. The second-order valence-electron chi connectivity index (χ2n) is 4.97. The highest BCUT2D eigenvalue weighted by molar-refractivity contribution is 7.98. The van der Waals surface area contributed by atoms with Crippen molar-refractivity contribution in [1.29, 1.82) is 0 Å². The molecule has 0 saturated carbocycles. The van der Waals surface area contributed by atoms with Crippen LogP contribution in [0.2, 0.25) is 0 Å². The van der Waals surface area contributed by atoms with Crippen LogP contribution in [0.15, 0.2) is 29.2 Å². The van der Waals surface area contributed by atoms with Crippen molar-refractivity contribution in [3.8, 4) is 0 Å². The van der Waals surface area contributed by atoms with Crippen LogP contribution in [0.4, 0.5) is 0 Å². The molecule has 0 aliphatic rings. The van der Waals surface area contributed by atoms with E-state index in [4.69, 9.17) is 4.74 Å². The first kappa shape index (κ1) is 17.1. The molecule has 0 aromatic heterocycles. The SMILES string of the molecule is CCCC(C(=O)OCC)C(C)(O)c1ccc(SC)cc1. The molecule has 0 bridgehead atoms. The van der Waals surface area contributed by atoms with Crippen LogP contribution >= 0.6 is 11.8 Å². The summed E-state index contributed by atoms with van der Waals surface area (Å²) in [5.74, 6) is -0.860. The number of benzene rings is 1. The average molecular weight is 296 g/mol. The van der Waals surface area contributed by atoms with E-state index in [0.29, 0.717) is 13.0 Å². The van der Waals surface area contributed by atoms with Crippen LogP contribution in [0.1, 0.15) is 39.2 Å². The molecule has 0 aliphatic heterocycles. The van der Waals surface area contributed by atoms with Gasteiger partial charge in [0, 0.05) is 4.90 Å². The second kappa shape index (κ2) is 7.70. The van der Waals surface area contributed by atoms with Gasteiger partial charge in [-0.15, -0.1) is 11.8 Å². The molecule has 2 atom stereocenters. The molecular weight excluding hydrogens is 272 g/mol. The van der Waals surface area contributed by atoms with Crippen molar-refractivity contribution in [2.45, 2.75) is 44.1 Å². The molecule has 0 radical (unpaired) electrons. The number of esters is 1. The van der Waals surface area contributed by atoms with Crippen molar-refractivity contribution in [2.24, 2.45) is 5.92 Å². The predicted molar refractivity (Wildman–Crippen MR) is 82.8 cm³/mol. The van der Waals surface area contributed by atoms with Gasteiger partial charge in [-0.3, -0.25) is 4.79 Å². The van der Waals surface area contributed by atoms with Gasteiger partial charge in [-0.1, -0.05) is 25.5 Å². The zero-order valence-corrected chi connectivity index (χ0v) is 13.5. The summed E-state index contributed by atoms with van der Waals surface area (Å²) in [5.41, 5.74) is -0.457. The second-order valence-corrected chi connectivity index (χ2v) is 5.85. The normalized spacial score (nSPS) is 15.4. The van der Waals surface area contributed by atoms with E-state index in [9.17, 15) is 9.90 Å². The van der Waals surface area contributed by atoms with Crippen LogP contribution in [-0.2, 0) is 15.1 Å². The number of aliphatic hydroxyl groups is 1. The monoisotopic (exact) mass is 296 g/mol. The lowest BCUT2D eigenvalue weighted by atomic mass is 9.80. The van der Waals surface area contributed by atoms with Crippen molar-refractivity contribution in [3.05, 3.63) is 29.8 Å². The fraction of sp³-hybridized carbons (Fsp3) is 0.562. The van der Waals surface area contributed by atoms with Gasteiger partial charge in [0.2, 0.25) is 0 Å². The first-order chi connectivity index (χ1) is 9.47. The van der Waals surface area contributed by atoms with E-state index >= 15 is 0 Å². The summed E-state index contributed by atoms with van der Waals surface area (Å²) in [6, 6.07) is 7.69. The third-order valence-corrected chi connectivity index (χ3v) is 4.25. The number of rotatable bonds is 7. The summed E-state index contributed by atoms with van der Waals surface area (Å²) in [4.78, 5) is 13.2. The molecule has 0 spiro atoms. The molecule has 20 heavy (non-hydrogen) atoms. The zero-order valence-electron chi connectivity index (χ0n) is 12.7. The van der Waals surface area contributed by atoms with Crippen molar-refractivity contribution in [3.63, 3.8) is 0 Å². The molecule has 112 valence electrons. The molecule has 0 fully saturated rings. The molecular formula is C16H24O3S. The van der Waals surface area contributed by atoms with Gasteiger partial charge in [-0.25, -0.2) is 0 Å². The zero-order chi connectivity index (χ0) is 15.2. The van der Waals surface area contributed by atoms with Crippen molar-refractivity contribution in [2.75, 3.05) is 12.9 Å². The molecule has 1 N–H and O–H groups in total. The Morgan fingerprint density at radius 3 is 2.40 bits per heavy atom. The summed E-state index contributed by atoms with van der Waals surface area (Å²) in [5, 5.41) is 10.8. The lowest BCUT2D eigenvalue weighted by molar-refractivity contribution is -0.158. The first-order valence-corrected chi connectivity index (χ1v) is 8.23. The summed E-state index contributed by atoms with van der Waals surface area (Å²) in [6.45, 7) is 5.81. The van der Waals surface area contributed by atoms with Crippen LogP contribution in [0.25, 0.3) is 0 Å². The Morgan fingerprint density at radius 1 is 1.35 bits per heavy atom. The molecule has 1 aromatic rings. The molecule has 4 heteroatoms. The van der Waals surface area contributed by atoms with Crippen LogP contribution in [0.3, 0.4) is 0 Å².